The predicted octanol–water partition coefficient (Wildman–Crippen LogP) is 2.01. The van der Waals surface area contributed by atoms with Crippen LogP contribution >= 0.6 is 11.8 Å². The number of hydrogen-bond acceptors (Lipinski definition) is 3. The number of imidazole rings is 1. The summed E-state index contributed by atoms with van der Waals surface area (Å²) in [7, 11) is 0. The van der Waals surface area contributed by atoms with Gasteiger partial charge in [-0.15, -0.1) is 0 Å². The van der Waals surface area contributed by atoms with E-state index in [4.69, 9.17) is 5.26 Å². The molecular weight excluding hydrogens is 215 g/mol. The van der Waals surface area contributed by atoms with Crippen LogP contribution in [0.4, 0.5) is 13.2 Å². The number of halogens is 3. The molecule has 1 aromatic heterocycles. The molecule has 0 saturated carbocycles. The fourth-order valence-corrected chi connectivity index (χ4v) is 1.38. The molecular formula is C7H6F3N3S. The van der Waals surface area contributed by atoms with Crippen LogP contribution in [0.3, 0.4) is 0 Å². The van der Waals surface area contributed by atoms with E-state index in [0.29, 0.717) is 0 Å². The number of nitriles is 1. The summed E-state index contributed by atoms with van der Waals surface area (Å²) >= 11 is -0.107. The Kier molecular flexibility index (Phi) is 3.41. The highest BCUT2D eigenvalue weighted by molar-refractivity contribution is 8.00. The first-order valence-corrected chi connectivity index (χ1v) is 4.63. The number of alkyl halides is 3. The Balaban J connectivity index is 2.43. The number of hydrogen-bond donors (Lipinski definition) is 0. The third kappa shape index (κ3) is 3.30. The Labute approximate surface area is 82.5 Å². The lowest BCUT2D eigenvalue weighted by atomic mass is 10.6. The molecule has 0 aliphatic heterocycles. The molecule has 0 bridgehead atoms. The van der Waals surface area contributed by atoms with Crippen molar-refractivity contribution in [3.05, 3.63) is 18.2 Å². The predicted molar refractivity (Wildman–Crippen MR) is 45.5 cm³/mol. The van der Waals surface area contributed by atoms with Crippen molar-refractivity contribution in [3.63, 3.8) is 0 Å². The van der Waals surface area contributed by atoms with Gasteiger partial charge in [0, 0.05) is 24.7 Å². The summed E-state index contributed by atoms with van der Waals surface area (Å²) < 4.78 is 36.6. The van der Waals surface area contributed by atoms with Crippen molar-refractivity contribution < 1.29 is 13.2 Å². The molecule has 0 amide bonds. The zero-order chi connectivity index (χ0) is 10.6. The third-order valence-electron chi connectivity index (χ3n) is 1.41. The summed E-state index contributed by atoms with van der Waals surface area (Å²) in [5.74, 6) is 0.0157. The van der Waals surface area contributed by atoms with Crippen LogP contribution in [-0.4, -0.2) is 20.8 Å². The number of rotatable bonds is 3. The molecule has 0 spiro atoms. The molecule has 7 heteroatoms. The normalized spacial score (nSPS) is 11.3. The summed E-state index contributed by atoms with van der Waals surface area (Å²) in [6, 6.07) is 1.78. The molecule has 0 saturated heterocycles. The van der Waals surface area contributed by atoms with Crippen molar-refractivity contribution in [1.82, 2.24) is 9.55 Å². The lowest BCUT2D eigenvalue weighted by molar-refractivity contribution is -0.0328. The van der Waals surface area contributed by atoms with Crippen molar-refractivity contribution in [2.75, 3.05) is 5.75 Å². The van der Waals surface area contributed by atoms with Crippen LogP contribution in [0.15, 0.2) is 12.4 Å². The van der Waals surface area contributed by atoms with Crippen LogP contribution in [0.1, 0.15) is 5.82 Å². The van der Waals surface area contributed by atoms with Crippen molar-refractivity contribution in [2.45, 2.75) is 12.1 Å². The van der Waals surface area contributed by atoms with Crippen molar-refractivity contribution in [2.24, 2.45) is 0 Å². The first-order valence-electron chi connectivity index (χ1n) is 3.65. The monoisotopic (exact) mass is 221 g/mol. The Morgan fingerprint density at radius 2 is 2.29 bits per heavy atom. The fourth-order valence-electron chi connectivity index (χ4n) is 0.862. The van der Waals surface area contributed by atoms with Crippen LogP contribution in [0.25, 0.3) is 0 Å². The van der Waals surface area contributed by atoms with Crippen molar-refractivity contribution in [1.29, 1.82) is 5.26 Å². The van der Waals surface area contributed by atoms with Crippen LogP contribution in [0.5, 0.6) is 0 Å². The van der Waals surface area contributed by atoms with Gasteiger partial charge in [-0.25, -0.2) is 4.98 Å². The quantitative estimate of drug-likeness (QED) is 0.784. The summed E-state index contributed by atoms with van der Waals surface area (Å²) in [5, 5.41) is 8.50. The number of aryl methyl sites for hydroxylation is 1. The van der Waals surface area contributed by atoms with Gasteiger partial charge < -0.3 is 4.57 Å². The molecule has 0 aliphatic rings. The molecule has 3 nitrogen and oxygen atoms in total. The summed E-state index contributed by atoms with van der Waals surface area (Å²) in [6.07, 6.45) is 2.87. The van der Waals surface area contributed by atoms with E-state index >= 15 is 0 Å². The van der Waals surface area contributed by atoms with Crippen LogP contribution in [-0.2, 0) is 6.54 Å². The van der Waals surface area contributed by atoms with Gasteiger partial charge >= 0.3 is 5.51 Å². The maximum atomic E-state index is 11.7. The van der Waals surface area contributed by atoms with Gasteiger partial charge in [0.15, 0.2) is 0 Å². The summed E-state index contributed by atoms with van der Waals surface area (Å²) in [6.45, 7) is 0.132. The molecule has 1 aromatic rings. The highest BCUT2D eigenvalue weighted by Crippen LogP contribution is 2.29. The van der Waals surface area contributed by atoms with Gasteiger partial charge in [0.25, 0.3) is 0 Å². The van der Waals surface area contributed by atoms with E-state index in [1.54, 1.807) is 6.07 Å². The Morgan fingerprint density at radius 1 is 1.57 bits per heavy atom. The summed E-state index contributed by atoms with van der Waals surface area (Å²) in [4.78, 5) is 3.66. The molecule has 0 atom stereocenters. The molecule has 14 heavy (non-hydrogen) atoms. The van der Waals surface area contributed by atoms with E-state index in [9.17, 15) is 13.2 Å². The van der Waals surface area contributed by atoms with E-state index < -0.39 is 5.51 Å². The lowest BCUT2D eigenvalue weighted by Crippen LogP contribution is -2.07. The Hall–Kier alpha value is -1.16. The minimum Gasteiger partial charge on any atom is -0.322 e. The smallest absolute Gasteiger partial charge is 0.322 e. The van der Waals surface area contributed by atoms with Crippen molar-refractivity contribution in [3.8, 4) is 6.07 Å². The Morgan fingerprint density at radius 3 is 2.86 bits per heavy atom. The average Bonchev–Trinajstić information content (AvgIpc) is 2.49. The maximum absolute atomic E-state index is 11.7. The third-order valence-corrected chi connectivity index (χ3v) is 2.13. The molecule has 1 rings (SSSR count). The van der Waals surface area contributed by atoms with Gasteiger partial charge in [-0.1, -0.05) is 0 Å². The second-order valence-electron chi connectivity index (χ2n) is 2.35. The second kappa shape index (κ2) is 4.37. The zero-order valence-corrected chi connectivity index (χ0v) is 7.77. The zero-order valence-electron chi connectivity index (χ0n) is 6.95. The Bertz CT molecular complexity index is 339. The van der Waals surface area contributed by atoms with E-state index in [1.165, 1.54) is 17.0 Å². The molecule has 0 fully saturated rings. The number of nitrogens with zero attached hydrogens (tertiary/aromatic N) is 3. The molecule has 0 unspecified atom stereocenters. The largest absolute Gasteiger partial charge is 0.441 e. The van der Waals surface area contributed by atoms with Crippen LogP contribution in [0, 0.1) is 11.3 Å². The average molecular weight is 221 g/mol. The van der Waals surface area contributed by atoms with Gasteiger partial charge in [0.05, 0.1) is 0 Å². The van der Waals surface area contributed by atoms with E-state index in [2.05, 4.69) is 4.98 Å². The lowest BCUT2D eigenvalue weighted by Gasteiger charge is -2.05. The van der Waals surface area contributed by atoms with E-state index in [-0.39, 0.29) is 29.9 Å². The van der Waals surface area contributed by atoms with Gasteiger partial charge in [-0.3, -0.25) is 0 Å². The molecule has 0 aliphatic carbocycles. The van der Waals surface area contributed by atoms with Gasteiger partial charge in [-0.05, 0) is 11.8 Å². The standard InChI is InChI=1S/C7H6F3N3S/c8-7(9,10)14-4-3-13-2-1-12-6(13)5-11/h1-2H,3-4H2. The molecule has 1 heterocycles. The topological polar surface area (TPSA) is 41.6 Å². The highest BCUT2D eigenvalue weighted by atomic mass is 32.2. The molecule has 0 N–H and O–H groups in total. The number of aromatic nitrogens is 2. The highest BCUT2D eigenvalue weighted by Gasteiger charge is 2.27. The summed E-state index contributed by atoms with van der Waals surface area (Å²) in [5.41, 5.74) is -4.21. The first kappa shape index (κ1) is 10.9. The second-order valence-corrected chi connectivity index (χ2v) is 3.51. The van der Waals surface area contributed by atoms with Gasteiger partial charge in [0.1, 0.15) is 6.07 Å². The molecule has 0 aromatic carbocycles. The maximum Gasteiger partial charge on any atom is 0.441 e. The SMILES string of the molecule is N#Cc1nccn1CCSC(F)(F)F. The minimum absolute atomic E-state index is 0.107. The van der Waals surface area contributed by atoms with Crippen molar-refractivity contribution >= 4 is 11.8 Å². The van der Waals surface area contributed by atoms with E-state index in [1.807, 2.05) is 0 Å². The first-order chi connectivity index (χ1) is 6.53. The molecule has 76 valence electrons. The number of thioether (sulfide) groups is 1. The van der Waals surface area contributed by atoms with Gasteiger partial charge in [-0.2, -0.15) is 18.4 Å². The minimum atomic E-state index is -4.21. The molecule has 0 radical (unpaired) electrons. The van der Waals surface area contributed by atoms with Crippen LogP contribution < -0.4 is 0 Å². The van der Waals surface area contributed by atoms with E-state index in [0.717, 1.165) is 0 Å². The van der Waals surface area contributed by atoms with Crippen LogP contribution in [0.2, 0.25) is 0 Å². The van der Waals surface area contributed by atoms with Gasteiger partial charge in [0.2, 0.25) is 5.82 Å². The fraction of sp³-hybridized carbons (Fsp3) is 0.429.